The van der Waals surface area contributed by atoms with Crippen molar-refractivity contribution in [2.45, 2.75) is 6.92 Å². The molecule has 0 saturated carbocycles. The van der Waals surface area contributed by atoms with Crippen molar-refractivity contribution < 1.29 is 0 Å². The zero-order valence-electron chi connectivity index (χ0n) is 11.7. The predicted octanol–water partition coefficient (Wildman–Crippen LogP) is 4.80. The van der Waals surface area contributed by atoms with E-state index in [1.165, 1.54) is 5.56 Å². The molecule has 3 nitrogen and oxygen atoms in total. The second-order valence-electron chi connectivity index (χ2n) is 4.66. The molecule has 0 bridgehead atoms. The van der Waals surface area contributed by atoms with Gasteiger partial charge in [-0.3, -0.25) is 5.43 Å². The van der Waals surface area contributed by atoms with E-state index in [1.54, 1.807) is 17.6 Å². The number of allylic oxidation sites excluding steroid dienone is 1. The molecular formula is C17H15N3S. The monoisotopic (exact) mass is 293 g/mol. The van der Waals surface area contributed by atoms with Gasteiger partial charge in [0.25, 0.3) is 0 Å². The van der Waals surface area contributed by atoms with Gasteiger partial charge in [0, 0.05) is 0 Å². The summed E-state index contributed by atoms with van der Waals surface area (Å²) in [4.78, 5) is 4.47. The first-order valence-electron chi connectivity index (χ1n) is 6.69. The van der Waals surface area contributed by atoms with Crippen LogP contribution in [-0.4, -0.2) is 11.2 Å². The Kier molecular flexibility index (Phi) is 4.07. The number of thiazole rings is 1. The van der Waals surface area contributed by atoms with Gasteiger partial charge in [0.05, 0.1) is 16.4 Å². The van der Waals surface area contributed by atoms with E-state index in [0.717, 1.165) is 20.9 Å². The lowest BCUT2D eigenvalue weighted by Gasteiger charge is -1.95. The summed E-state index contributed by atoms with van der Waals surface area (Å²) < 4.78 is 1.16. The first kappa shape index (κ1) is 13.5. The van der Waals surface area contributed by atoms with Gasteiger partial charge in [-0.15, -0.1) is 0 Å². The molecule has 1 N–H and O–H groups in total. The Morgan fingerprint density at radius 1 is 1.10 bits per heavy atom. The summed E-state index contributed by atoms with van der Waals surface area (Å²) in [5.41, 5.74) is 6.23. The predicted molar refractivity (Wildman–Crippen MR) is 91.8 cm³/mol. The van der Waals surface area contributed by atoms with Crippen LogP contribution in [0.2, 0.25) is 0 Å². The lowest BCUT2D eigenvalue weighted by atomic mass is 10.1. The second-order valence-corrected chi connectivity index (χ2v) is 5.69. The van der Waals surface area contributed by atoms with Crippen molar-refractivity contribution >= 4 is 39.0 Å². The van der Waals surface area contributed by atoms with E-state index in [1.807, 2.05) is 43.3 Å². The maximum Gasteiger partial charge on any atom is 0.204 e. The van der Waals surface area contributed by atoms with E-state index < -0.39 is 0 Å². The highest BCUT2D eigenvalue weighted by Gasteiger charge is 2.00. The molecule has 21 heavy (non-hydrogen) atoms. The number of fused-ring (bicyclic) bond motifs is 1. The molecule has 3 rings (SSSR count). The van der Waals surface area contributed by atoms with Crippen LogP contribution < -0.4 is 5.43 Å². The maximum absolute atomic E-state index is 4.47. The van der Waals surface area contributed by atoms with Crippen molar-refractivity contribution in [3.05, 3.63) is 65.7 Å². The van der Waals surface area contributed by atoms with E-state index in [4.69, 9.17) is 0 Å². The zero-order chi connectivity index (χ0) is 14.5. The SMILES string of the molecule is CC(/C=N\Nc1nc2ccccc2s1)=C\c1ccccc1. The van der Waals surface area contributed by atoms with Crippen molar-refractivity contribution in [1.29, 1.82) is 0 Å². The van der Waals surface area contributed by atoms with Gasteiger partial charge < -0.3 is 0 Å². The van der Waals surface area contributed by atoms with E-state index in [-0.39, 0.29) is 0 Å². The Morgan fingerprint density at radius 2 is 1.86 bits per heavy atom. The minimum absolute atomic E-state index is 0.806. The second kappa shape index (κ2) is 6.33. The summed E-state index contributed by atoms with van der Waals surface area (Å²) >= 11 is 1.60. The molecule has 2 aromatic carbocycles. The molecule has 104 valence electrons. The summed E-state index contributed by atoms with van der Waals surface area (Å²) in [5.74, 6) is 0. The van der Waals surface area contributed by atoms with Crippen molar-refractivity contribution in [3.8, 4) is 0 Å². The Bertz CT molecular complexity index is 755. The number of para-hydroxylation sites is 1. The number of aromatic nitrogens is 1. The molecule has 0 spiro atoms. The fourth-order valence-electron chi connectivity index (χ4n) is 1.96. The van der Waals surface area contributed by atoms with Crippen LogP contribution in [0.25, 0.3) is 16.3 Å². The molecule has 0 amide bonds. The number of anilines is 1. The molecule has 0 atom stereocenters. The summed E-state index contributed by atoms with van der Waals surface area (Å²) in [5, 5.41) is 5.04. The van der Waals surface area contributed by atoms with Gasteiger partial charge in [-0.05, 0) is 30.2 Å². The standard InChI is InChI=1S/C17H15N3S/c1-13(11-14-7-3-2-4-8-14)12-18-20-17-19-15-9-5-6-10-16(15)21-17/h2-12H,1H3,(H,19,20)/b13-11+,18-12-. The molecule has 3 aromatic rings. The van der Waals surface area contributed by atoms with Gasteiger partial charge in [-0.2, -0.15) is 5.10 Å². The van der Waals surface area contributed by atoms with Crippen LogP contribution in [0, 0.1) is 0 Å². The van der Waals surface area contributed by atoms with Crippen LogP contribution in [0.15, 0.2) is 65.3 Å². The van der Waals surface area contributed by atoms with Crippen LogP contribution in [0.3, 0.4) is 0 Å². The van der Waals surface area contributed by atoms with Gasteiger partial charge in [-0.25, -0.2) is 4.98 Å². The van der Waals surface area contributed by atoms with Crippen molar-refractivity contribution in [1.82, 2.24) is 4.98 Å². The summed E-state index contributed by atoms with van der Waals surface area (Å²) in [6.07, 6.45) is 3.89. The Morgan fingerprint density at radius 3 is 2.67 bits per heavy atom. The van der Waals surface area contributed by atoms with E-state index in [2.05, 4.69) is 39.8 Å². The van der Waals surface area contributed by atoms with Crippen molar-refractivity contribution in [2.75, 3.05) is 5.43 Å². The first-order valence-corrected chi connectivity index (χ1v) is 7.51. The summed E-state index contributed by atoms with van der Waals surface area (Å²) in [6, 6.07) is 18.3. The van der Waals surface area contributed by atoms with Crippen LogP contribution >= 0.6 is 11.3 Å². The number of rotatable bonds is 4. The molecule has 0 radical (unpaired) electrons. The molecule has 0 unspecified atom stereocenters. The fraction of sp³-hybridized carbons (Fsp3) is 0.0588. The van der Waals surface area contributed by atoms with Crippen LogP contribution in [0.1, 0.15) is 12.5 Å². The number of hydrogen-bond acceptors (Lipinski definition) is 4. The summed E-state index contributed by atoms with van der Waals surface area (Å²) in [6.45, 7) is 2.02. The van der Waals surface area contributed by atoms with Gasteiger partial charge in [0.1, 0.15) is 0 Å². The highest BCUT2D eigenvalue weighted by atomic mass is 32.1. The summed E-state index contributed by atoms with van der Waals surface area (Å²) in [7, 11) is 0. The van der Waals surface area contributed by atoms with Crippen LogP contribution in [-0.2, 0) is 0 Å². The molecule has 0 aliphatic heterocycles. The minimum Gasteiger partial charge on any atom is -0.253 e. The van der Waals surface area contributed by atoms with Crippen molar-refractivity contribution in [3.63, 3.8) is 0 Å². The van der Waals surface area contributed by atoms with Gasteiger partial charge >= 0.3 is 0 Å². The molecule has 1 heterocycles. The third-order valence-electron chi connectivity index (χ3n) is 2.92. The smallest absolute Gasteiger partial charge is 0.204 e. The third kappa shape index (κ3) is 3.55. The quantitative estimate of drug-likeness (QED) is 0.554. The number of hydrogen-bond donors (Lipinski definition) is 1. The van der Waals surface area contributed by atoms with Crippen LogP contribution in [0.5, 0.6) is 0 Å². The first-order chi connectivity index (χ1) is 10.3. The number of nitrogens with one attached hydrogen (secondary N) is 1. The normalized spacial score (nSPS) is 12.1. The molecule has 4 heteroatoms. The lowest BCUT2D eigenvalue weighted by Crippen LogP contribution is -1.89. The third-order valence-corrected chi connectivity index (χ3v) is 3.86. The molecule has 0 saturated heterocycles. The van der Waals surface area contributed by atoms with E-state index in [0.29, 0.717) is 0 Å². The highest BCUT2D eigenvalue weighted by Crippen LogP contribution is 2.25. The van der Waals surface area contributed by atoms with Gasteiger partial charge in [0.2, 0.25) is 5.13 Å². The van der Waals surface area contributed by atoms with E-state index >= 15 is 0 Å². The molecule has 0 aliphatic carbocycles. The largest absolute Gasteiger partial charge is 0.253 e. The number of nitrogens with zero attached hydrogens (tertiary/aromatic N) is 2. The zero-order valence-corrected chi connectivity index (χ0v) is 12.5. The molecule has 0 aliphatic rings. The Balaban J connectivity index is 1.67. The molecule has 1 aromatic heterocycles. The molecular weight excluding hydrogens is 278 g/mol. The maximum atomic E-state index is 4.47. The van der Waals surface area contributed by atoms with Crippen molar-refractivity contribution in [2.24, 2.45) is 5.10 Å². The molecule has 0 fully saturated rings. The average molecular weight is 293 g/mol. The number of benzene rings is 2. The van der Waals surface area contributed by atoms with E-state index in [9.17, 15) is 0 Å². The number of hydrazone groups is 1. The lowest BCUT2D eigenvalue weighted by molar-refractivity contribution is 1.31. The van der Waals surface area contributed by atoms with Crippen LogP contribution in [0.4, 0.5) is 5.13 Å². The topological polar surface area (TPSA) is 37.3 Å². The fourth-order valence-corrected chi connectivity index (χ4v) is 2.77. The van der Waals surface area contributed by atoms with Gasteiger partial charge in [0.15, 0.2) is 0 Å². The Hall–Kier alpha value is -2.46. The minimum atomic E-state index is 0.806. The Labute approximate surface area is 127 Å². The average Bonchev–Trinajstić information content (AvgIpc) is 2.91. The van der Waals surface area contributed by atoms with Gasteiger partial charge in [-0.1, -0.05) is 59.9 Å². The highest BCUT2D eigenvalue weighted by molar-refractivity contribution is 7.22.